The highest BCUT2D eigenvalue weighted by Gasteiger charge is 2.60. The highest BCUT2D eigenvalue weighted by atomic mass is 19.4. The van der Waals surface area contributed by atoms with Crippen LogP contribution in [0.1, 0.15) is 91.0 Å². The van der Waals surface area contributed by atoms with Gasteiger partial charge in [-0.05, 0) is 55.4 Å². The van der Waals surface area contributed by atoms with E-state index in [1.54, 1.807) is 21.3 Å². The summed E-state index contributed by atoms with van der Waals surface area (Å²) in [5.74, 6) is -0.931. The van der Waals surface area contributed by atoms with E-state index in [0.717, 1.165) is 44.9 Å². The molecule has 0 spiro atoms. The van der Waals surface area contributed by atoms with Gasteiger partial charge in [0.1, 0.15) is 0 Å². The zero-order chi connectivity index (χ0) is 25.9. The third-order valence-electron chi connectivity index (χ3n) is 8.05. The van der Waals surface area contributed by atoms with E-state index in [9.17, 15) is 13.2 Å². The first-order valence-corrected chi connectivity index (χ1v) is 12.7. The number of rotatable bonds is 17. The molecular formula is C28H47F3O3. The molecule has 0 aliphatic heterocycles. The third-order valence-corrected chi connectivity index (χ3v) is 8.05. The zero-order valence-corrected chi connectivity index (χ0v) is 22.4. The van der Waals surface area contributed by atoms with E-state index in [1.807, 2.05) is 6.07 Å². The molecule has 0 N–H and O–H groups in total. The van der Waals surface area contributed by atoms with E-state index in [0.29, 0.717) is 6.42 Å². The number of aryl methyl sites for hydroxylation is 1. The molecule has 3 nitrogen and oxygen atoms in total. The smallest absolute Gasteiger partial charge is 0.330 e. The number of hydrogen-bond donors (Lipinski definition) is 0. The molecular weight excluding hydrogens is 441 g/mol. The van der Waals surface area contributed by atoms with Gasteiger partial charge in [-0.3, -0.25) is 0 Å². The van der Waals surface area contributed by atoms with Crippen molar-refractivity contribution < 1.29 is 27.4 Å². The van der Waals surface area contributed by atoms with E-state index in [4.69, 9.17) is 14.2 Å². The van der Waals surface area contributed by atoms with Gasteiger partial charge in [-0.15, -0.1) is 0 Å². The SMILES string of the molecule is CCCC(C)(C(OC)(OC)OC)C(C)(C)C(CCCCCC(F)(F)F)CCCc1ccccc1. The maximum absolute atomic E-state index is 12.6. The number of hydrogen-bond acceptors (Lipinski definition) is 3. The van der Waals surface area contributed by atoms with Crippen molar-refractivity contribution in [1.82, 2.24) is 0 Å². The molecule has 0 fully saturated rings. The first-order valence-electron chi connectivity index (χ1n) is 12.7. The largest absolute Gasteiger partial charge is 0.389 e. The summed E-state index contributed by atoms with van der Waals surface area (Å²) in [4.78, 5) is 0. The Morgan fingerprint density at radius 2 is 1.32 bits per heavy atom. The molecule has 0 aromatic heterocycles. The Hall–Kier alpha value is -1.11. The van der Waals surface area contributed by atoms with Crippen molar-refractivity contribution in [2.45, 2.75) is 104 Å². The van der Waals surface area contributed by atoms with Gasteiger partial charge in [0, 0.05) is 27.8 Å². The zero-order valence-electron chi connectivity index (χ0n) is 22.4. The first-order chi connectivity index (χ1) is 15.9. The van der Waals surface area contributed by atoms with E-state index in [1.165, 1.54) is 5.56 Å². The molecule has 2 unspecified atom stereocenters. The summed E-state index contributed by atoms with van der Waals surface area (Å²) in [5.41, 5.74) is 0.572. The van der Waals surface area contributed by atoms with Crippen LogP contribution in [0.5, 0.6) is 0 Å². The van der Waals surface area contributed by atoms with Crippen LogP contribution in [0, 0.1) is 16.7 Å². The van der Waals surface area contributed by atoms with Crippen LogP contribution in [0.3, 0.4) is 0 Å². The second-order valence-corrected chi connectivity index (χ2v) is 10.3. The van der Waals surface area contributed by atoms with Gasteiger partial charge < -0.3 is 14.2 Å². The molecule has 6 heteroatoms. The van der Waals surface area contributed by atoms with E-state index < -0.39 is 24.0 Å². The van der Waals surface area contributed by atoms with Crippen molar-refractivity contribution in [1.29, 1.82) is 0 Å². The Labute approximate surface area is 205 Å². The predicted molar refractivity (Wildman–Crippen MR) is 133 cm³/mol. The molecule has 0 radical (unpaired) electrons. The predicted octanol–water partition coefficient (Wildman–Crippen LogP) is 8.56. The summed E-state index contributed by atoms with van der Waals surface area (Å²) in [5, 5.41) is 0. The van der Waals surface area contributed by atoms with Crippen molar-refractivity contribution in [3.8, 4) is 0 Å². The van der Waals surface area contributed by atoms with Gasteiger partial charge in [0.2, 0.25) is 0 Å². The van der Waals surface area contributed by atoms with Crippen molar-refractivity contribution in [2.24, 2.45) is 16.7 Å². The molecule has 0 bridgehead atoms. The standard InChI is InChI=1S/C28H47F3O3/c1-8-21-26(4,28(32-5,33-6)34-7)25(2,3)24(19-13-10-14-22-27(29,30)31)20-15-18-23-16-11-9-12-17-23/h9,11-12,16-17,24H,8,10,13-15,18-22H2,1-7H3. The third kappa shape index (κ3) is 7.96. The van der Waals surface area contributed by atoms with Gasteiger partial charge in [-0.2, -0.15) is 13.2 Å². The monoisotopic (exact) mass is 488 g/mol. The summed E-state index contributed by atoms with van der Waals surface area (Å²) in [7, 11) is 4.83. The number of halogens is 3. The van der Waals surface area contributed by atoms with Crippen LogP contribution < -0.4 is 0 Å². The second-order valence-electron chi connectivity index (χ2n) is 10.3. The number of unbranched alkanes of at least 4 members (excludes halogenated alkanes) is 2. The second kappa shape index (κ2) is 13.8. The number of ether oxygens (including phenoxy) is 3. The number of methoxy groups -OCH3 is 3. The Morgan fingerprint density at radius 3 is 1.82 bits per heavy atom. The molecule has 0 aliphatic rings. The molecule has 0 amide bonds. The molecule has 198 valence electrons. The van der Waals surface area contributed by atoms with Crippen LogP contribution >= 0.6 is 0 Å². The summed E-state index contributed by atoms with van der Waals surface area (Å²) in [6, 6.07) is 10.4. The molecule has 1 aromatic carbocycles. The van der Waals surface area contributed by atoms with Gasteiger partial charge in [0.25, 0.3) is 5.97 Å². The van der Waals surface area contributed by atoms with Crippen LogP contribution in [-0.4, -0.2) is 33.5 Å². The molecule has 0 saturated heterocycles. The minimum atomic E-state index is -4.08. The minimum Gasteiger partial charge on any atom is -0.330 e. The van der Waals surface area contributed by atoms with Crippen molar-refractivity contribution in [2.75, 3.05) is 21.3 Å². The van der Waals surface area contributed by atoms with Gasteiger partial charge in [-0.1, -0.05) is 77.3 Å². The highest BCUT2D eigenvalue weighted by molar-refractivity contribution is 5.14. The summed E-state index contributed by atoms with van der Waals surface area (Å²) >= 11 is 0. The fraction of sp³-hybridized carbons (Fsp3) is 0.786. The maximum atomic E-state index is 12.6. The Balaban J connectivity index is 3.11. The minimum absolute atomic E-state index is 0.186. The fourth-order valence-corrected chi connectivity index (χ4v) is 5.70. The normalized spacial score (nSPS) is 15.8. The topological polar surface area (TPSA) is 27.7 Å². The lowest BCUT2D eigenvalue weighted by Gasteiger charge is -2.56. The van der Waals surface area contributed by atoms with Crippen molar-refractivity contribution in [3.63, 3.8) is 0 Å². The lowest BCUT2D eigenvalue weighted by molar-refractivity contribution is -0.425. The summed E-state index contributed by atoms with van der Waals surface area (Å²) < 4.78 is 55.4. The Bertz CT molecular complexity index is 663. The molecule has 0 aliphatic carbocycles. The Kier molecular flexibility index (Phi) is 12.6. The average molecular weight is 489 g/mol. The van der Waals surface area contributed by atoms with Crippen LogP contribution in [-0.2, 0) is 20.6 Å². The maximum Gasteiger partial charge on any atom is 0.389 e. The van der Waals surface area contributed by atoms with Gasteiger partial charge >= 0.3 is 6.18 Å². The molecule has 0 heterocycles. The average Bonchev–Trinajstić information content (AvgIpc) is 2.79. The number of alkyl halides is 3. The van der Waals surface area contributed by atoms with Gasteiger partial charge in [-0.25, -0.2) is 0 Å². The molecule has 1 rings (SSSR count). The summed E-state index contributed by atoms with van der Waals surface area (Å²) in [6.07, 6.45) is 2.37. The van der Waals surface area contributed by atoms with Gasteiger partial charge in [0.05, 0.1) is 5.41 Å². The number of benzene rings is 1. The van der Waals surface area contributed by atoms with Crippen LogP contribution in [0.15, 0.2) is 30.3 Å². The van der Waals surface area contributed by atoms with E-state index >= 15 is 0 Å². The molecule has 0 saturated carbocycles. The quantitative estimate of drug-likeness (QED) is 0.162. The van der Waals surface area contributed by atoms with Crippen molar-refractivity contribution >= 4 is 0 Å². The lowest BCUT2D eigenvalue weighted by Crippen LogP contribution is -2.60. The lowest BCUT2D eigenvalue weighted by atomic mass is 9.55. The Morgan fingerprint density at radius 1 is 0.765 bits per heavy atom. The molecule has 2 atom stereocenters. The fourth-order valence-electron chi connectivity index (χ4n) is 5.70. The molecule has 1 aromatic rings. The molecule has 34 heavy (non-hydrogen) atoms. The van der Waals surface area contributed by atoms with E-state index in [-0.39, 0.29) is 17.8 Å². The first kappa shape index (κ1) is 30.9. The van der Waals surface area contributed by atoms with Gasteiger partial charge in [0.15, 0.2) is 0 Å². The van der Waals surface area contributed by atoms with Crippen LogP contribution in [0.2, 0.25) is 0 Å². The summed E-state index contributed by atoms with van der Waals surface area (Å²) in [6.45, 7) is 8.80. The van der Waals surface area contributed by atoms with E-state index in [2.05, 4.69) is 52.0 Å². The highest BCUT2D eigenvalue weighted by Crippen LogP contribution is 2.57. The van der Waals surface area contributed by atoms with Crippen molar-refractivity contribution in [3.05, 3.63) is 35.9 Å². The van der Waals surface area contributed by atoms with Crippen LogP contribution in [0.4, 0.5) is 13.2 Å². The van der Waals surface area contributed by atoms with Crippen LogP contribution in [0.25, 0.3) is 0 Å².